The fraction of sp³-hybridized carbons (Fsp3) is 1.00. The monoisotopic (exact) mass is 198 g/mol. The van der Waals surface area contributed by atoms with Gasteiger partial charge in [-0.15, -0.1) is 0 Å². The van der Waals surface area contributed by atoms with E-state index in [2.05, 4.69) is 6.92 Å². The smallest absolute Gasteiger partial charge is 0.0574 e. The Hall–Kier alpha value is -0.0800. The maximum absolute atomic E-state index is 9.82. The van der Waals surface area contributed by atoms with E-state index in [0.29, 0.717) is 30.3 Å². The Morgan fingerprint density at radius 1 is 1.21 bits per heavy atom. The van der Waals surface area contributed by atoms with Crippen LogP contribution in [0.25, 0.3) is 0 Å². The molecule has 2 fully saturated rings. The molecule has 5 unspecified atom stereocenters. The lowest BCUT2D eigenvalue weighted by atomic mass is 9.92. The summed E-state index contributed by atoms with van der Waals surface area (Å²) in [6.45, 7) is 2.55. The summed E-state index contributed by atoms with van der Waals surface area (Å²) in [5, 5.41) is 18.9. The first kappa shape index (κ1) is 10.4. The van der Waals surface area contributed by atoms with Gasteiger partial charge in [-0.25, -0.2) is 0 Å². The zero-order valence-corrected chi connectivity index (χ0v) is 9.02. The van der Waals surface area contributed by atoms with E-state index in [1.165, 1.54) is 25.7 Å². The van der Waals surface area contributed by atoms with Crippen molar-refractivity contribution in [1.29, 1.82) is 0 Å². The van der Waals surface area contributed by atoms with Gasteiger partial charge in [0.05, 0.1) is 6.10 Å². The van der Waals surface area contributed by atoms with E-state index < -0.39 is 0 Å². The molecule has 2 N–H and O–H groups in total. The SMILES string of the molecule is CCCCCC1C(O)CC2C(CO)C12. The van der Waals surface area contributed by atoms with Crippen LogP contribution in [-0.4, -0.2) is 22.9 Å². The number of hydrogen-bond acceptors (Lipinski definition) is 2. The minimum absolute atomic E-state index is 0.0651. The van der Waals surface area contributed by atoms with Crippen LogP contribution in [0.5, 0.6) is 0 Å². The Morgan fingerprint density at radius 2 is 2.00 bits per heavy atom. The molecule has 5 atom stereocenters. The molecule has 0 aromatic rings. The lowest BCUT2D eigenvalue weighted by Gasteiger charge is -2.19. The third-order valence-corrected chi connectivity index (χ3v) is 4.25. The van der Waals surface area contributed by atoms with Crippen LogP contribution in [0, 0.1) is 23.7 Å². The highest BCUT2D eigenvalue weighted by Crippen LogP contribution is 2.61. The Kier molecular flexibility index (Phi) is 3.13. The molecule has 2 saturated carbocycles. The molecule has 82 valence electrons. The predicted molar refractivity (Wildman–Crippen MR) is 55.8 cm³/mol. The second-order valence-corrected chi connectivity index (χ2v) is 5.05. The minimum atomic E-state index is -0.0651. The largest absolute Gasteiger partial charge is 0.396 e. The van der Waals surface area contributed by atoms with Gasteiger partial charge in [-0.1, -0.05) is 26.2 Å². The first-order valence-electron chi connectivity index (χ1n) is 6.08. The van der Waals surface area contributed by atoms with Gasteiger partial charge in [0.1, 0.15) is 0 Å². The standard InChI is InChI=1S/C12H22O2/c1-2-3-4-5-8-11(14)6-9-10(7-13)12(8)9/h8-14H,2-7H2,1H3. The molecule has 0 amide bonds. The molecule has 2 aliphatic carbocycles. The number of hydrogen-bond donors (Lipinski definition) is 2. The molecule has 2 aliphatic rings. The maximum Gasteiger partial charge on any atom is 0.0574 e. The highest BCUT2D eigenvalue weighted by molar-refractivity contribution is 5.08. The molecular weight excluding hydrogens is 176 g/mol. The first-order chi connectivity index (χ1) is 6.79. The van der Waals surface area contributed by atoms with Crippen LogP contribution in [0.1, 0.15) is 39.0 Å². The van der Waals surface area contributed by atoms with Crippen molar-refractivity contribution in [3.05, 3.63) is 0 Å². The van der Waals surface area contributed by atoms with Gasteiger partial charge in [-0.05, 0) is 36.5 Å². The van der Waals surface area contributed by atoms with Crippen molar-refractivity contribution in [2.24, 2.45) is 23.7 Å². The highest BCUT2D eigenvalue weighted by Gasteiger charge is 2.60. The predicted octanol–water partition coefficient (Wildman–Crippen LogP) is 1.80. The van der Waals surface area contributed by atoms with E-state index in [0.717, 1.165) is 6.42 Å². The quantitative estimate of drug-likeness (QED) is 0.661. The van der Waals surface area contributed by atoms with E-state index in [1.54, 1.807) is 0 Å². The number of fused-ring (bicyclic) bond motifs is 1. The van der Waals surface area contributed by atoms with Crippen molar-refractivity contribution in [1.82, 2.24) is 0 Å². The molecule has 2 rings (SSSR count). The second kappa shape index (κ2) is 4.19. The molecule has 2 nitrogen and oxygen atoms in total. The summed E-state index contributed by atoms with van der Waals surface area (Å²) in [6, 6.07) is 0. The zero-order valence-electron chi connectivity index (χ0n) is 9.02. The van der Waals surface area contributed by atoms with Crippen LogP contribution < -0.4 is 0 Å². The van der Waals surface area contributed by atoms with Crippen LogP contribution in [0.3, 0.4) is 0 Å². The summed E-state index contributed by atoms with van der Waals surface area (Å²) in [6.07, 6.45) is 5.84. The Labute approximate surface area is 86.3 Å². The average Bonchev–Trinajstić information content (AvgIpc) is 2.76. The number of aliphatic hydroxyl groups is 2. The number of unbranched alkanes of at least 4 members (excludes halogenated alkanes) is 2. The third-order valence-electron chi connectivity index (χ3n) is 4.25. The molecule has 0 saturated heterocycles. The molecule has 0 bridgehead atoms. The van der Waals surface area contributed by atoms with Crippen LogP contribution in [0.4, 0.5) is 0 Å². The van der Waals surface area contributed by atoms with Gasteiger partial charge in [0.15, 0.2) is 0 Å². The molecular formula is C12H22O2. The van der Waals surface area contributed by atoms with Gasteiger partial charge in [-0.3, -0.25) is 0 Å². The maximum atomic E-state index is 9.82. The van der Waals surface area contributed by atoms with Gasteiger partial charge < -0.3 is 10.2 Å². The second-order valence-electron chi connectivity index (χ2n) is 5.05. The van der Waals surface area contributed by atoms with Crippen molar-refractivity contribution in [3.63, 3.8) is 0 Å². The lowest BCUT2D eigenvalue weighted by Crippen LogP contribution is -2.20. The van der Waals surface area contributed by atoms with E-state index in [1.807, 2.05) is 0 Å². The Bertz CT molecular complexity index is 193. The molecule has 0 aromatic carbocycles. The fourth-order valence-electron chi connectivity index (χ4n) is 3.42. The van der Waals surface area contributed by atoms with Crippen LogP contribution in [0.2, 0.25) is 0 Å². The molecule has 0 aliphatic heterocycles. The summed E-state index contributed by atoms with van der Waals surface area (Å²) in [5.74, 6) is 2.35. The summed E-state index contributed by atoms with van der Waals surface area (Å²) < 4.78 is 0. The summed E-state index contributed by atoms with van der Waals surface area (Å²) >= 11 is 0. The van der Waals surface area contributed by atoms with Crippen molar-refractivity contribution in [2.75, 3.05) is 6.61 Å². The Balaban J connectivity index is 1.79. The van der Waals surface area contributed by atoms with Gasteiger partial charge in [0, 0.05) is 6.61 Å². The molecule has 0 spiro atoms. The van der Waals surface area contributed by atoms with Crippen molar-refractivity contribution in [2.45, 2.75) is 45.1 Å². The number of rotatable bonds is 5. The first-order valence-corrected chi connectivity index (χ1v) is 6.08. The minimum Gasteiger partial charge on any atom is -0.396 e. The van der Waals surface area contributed by atoms with E-state index in [-0.39, 0.29) is 6.10 Å². The van der Waals surface area contributed by atoms with Crippen molar-refractivity contribution < 1.29 is 10.2 Å². The number of aliphatic hydroxyl groups excluding tert-OH is 2. The average molecular weight is 198 g/mol. The molecule has 14 heavy (non-hydrogen) atoms. The summed E-state index contributed by atoms with van der Waals surface area (Å²) in [4.78, 5) is 0. The summed E-state index contributed by atoms with van der Waals surface area (Å²) in [7, 11) is 0. The molecule has 0 heterocycles. The van der Waals surface area contributed by atoms with E-state index >= 15 is 0 Å². The molecule has 0 aromatic heterocycles. The van der Waals surface area contributed by atoms with Crippen LogP contribution >= 0.6 is 0 Å². The van der Waals surface area contributed by atoms with Gasteiger partial charge in [-0.2, -0.15) is 0 Å². The van der Waals surface area contributed by atoms with Crippen LogP contribution in [0.15, 0.2) is 0 Å². The van der Waals surface area contributed by atoms with Crippen LogP contribution in [-0.2, 0) is 0 Å². The van der Waals surface area contributed by atoms with E-state index in [9.17, 15) is 5.11 Å². The van der Waals surface area contributed by atoms with Crippen molar-refractivity contribution in [3.8, 4) is 0 Å². The normalized spacial score (nSPS) is 45.2. The van der Waals surface area contributed by atoms with Gasteiger partial charge in [0.25, 0.3) is 0 Å². The molecule has 2 heteroatoms. The third kappa shape index (κ3) is 1.70. The lowest BCUT2D eigenvalue weighted by molar-refractivity contribution is 0.0909. The van der Waals surface area contributed by atoms with E-state index in [4.69, 9.17) is 5.11 Å². The topological polar surface area (TPSA) is 40.5 Å². The highest BCUT2D eigenvalue weighted by atomic mass is 16.3. The van der Waals surface area contributed by atoms with Gasteiger partial charge >= 0.3 is 0 Å². The zero-order chi connectivity index (χ0) is 10.1. The van der Waals surface area contributed by atoms with Crippen molar-refractivity contribution >= 4 is 0 Å². The molecule has 0 radical (unpaired) electrons. The Morgan fingerprint density at radius 3 is 2.64 bits per heavy atom. The summed E-state index contributed by atoms with van der Waals surface area (Å²) in [5.41, 5.74) is 0. The fourth-order valence-corrected chi connectivity index (χ4v) is 3.42. The van der Waals surface area contributed by atoms with Gasteiger partial charge in [0.2, 0.25) is 0 Å².